The zero-order valence-corrected chi connectivity index (χ0v) is 14.8. The molecule has 0 spiro atoms. The summed E-state index contributed by atoms with van der Waals surface area (Å²) in [5, 5.41) is 7.35. The molecule has 2 atom stereocenters. The summed E-state index contributed by atoms with van der Waals surface area (Å²) in [7, 11) is 2.20. The van der Waals surface area contributed by atoms with Crippen LogP contribution in [0.2, 0.25) is 0 Å². The number of piperidine rings is 2. The lowest BCUT2D eigenvalue weighted by molar-refractivity contribution is -0.0348. The maximum absolute atomic E-state index is 13.1. The fourth-order valence-electron chi connectivity index (χ4n) is 4.47. The van der Waals surface area contributed by atoms with Crippen molar-refractivity contribution in [2.75, 3.05) is 20.1 Å². The summed E-state index contributed by atoms with van der Waals surface area (Å²) < 4.78 is 0. The van der Waals surface area contributed by atoms with Crippen LogP contribution in [0.1, 0.15) is 68.6 Å². The fraction of sp³-hybridized carbons (Fsp3) is 0.778. The van der Waals surface area contributed by atoms with Gasteiger partial charge in [0.25, 0.3) is 5.91 Å². The Morgan fingerprint density at radius 2 is 2.26 bits per heavy atom. The third-order valence-electron chi connectivity index (χ3n) is 5.81. The van der Waals surface area contributed by atoms with Gasteiger partial charge in [0.15, 0.2) is 0 Å². The Hall–Kier alpha value is -1.36. The molecule has 128 valence electrons. The Morgan fingerprint density at radius 1 is 1.43 bits per heavy atom. The molecule has 0 unspecified atom stereocenters. The number of nitrogens with one attached hydrogen (secondary N) is 1. The van der Waals surface area contributed by atoms with Crippen molar-refractivity contribution in [3.8, 4) is 0 Å². The number of carbonyl (C=O) groups is 1. The molecule has 1 amide bonds. The zero-order valence-electron chi connectivity index (χ0n) is 14.8. The normalized spacial score (nSPS) is 28.7. The zero-order chi connectivity index (χ0) is 16.4. The highest BCUT2D eigenvalue weighted by atomic mass is 16.2. The highest BCUT2D eigenvalue weighted by Crippen LogP contribution is 2.39. The van der Waals surface area contributed by atoms with E-state index in [1.54, 1.807) is 0 Å². The van der Waals surface area contributed by atoms with Crippen molar-refractivity contribution in [2.24, 2.45) is 0 Å². The number of aryl methyl sites for hydroxylation is 1. The number of amides is 1. The van der Waals surface area contributed by atoms with E-state index < -0.39 is 0 Å². The van der Waals surface area contributed by atoms with Crippen molar-refractivity contribution in [1.29, 1.82) is 0 Å². The molecule has 23 heavy (non-hydrogen) atoms. The number of likely N-dealkylation sites (N-methyl/N-ethyl adjacent to an activating group) is 1. The highest BCUT2D eigenvalue weighted by molar-refractivity contribution is 5.93. The predicted octanol–water partition coefficient (Wildman–Crippen LogP) is 2.84. The quantitative estimate of drug-likeness (QED) is 0.929. The van der Waals surface area contributed by atoms with Crippen molar-refractivity contribution < 1.29 is 4.79 Å². The van der Waals surface area contributed by atoms with Crippen LogP contribution in [-0.4, -0.2) is 57.6 Å². The minimum absolute atomic E-state index is 0.0507. The van der Waals surface area contributed by atoms with Gasteiger partial charge < -0.3 is 9.80 Å². The first-order chi connectivity index (χ1) is 11.1. The number of aromatic nitrogens is 2. The second kappa shape index (κ2) is 6.63. The second-order valence-electron chi connectivity index (χ2n) is 7.44. The smallest absolute Gasteiger partial charge is 0.274 e. The van der Waals surface area contributed by atoms with Crippen LogP contribution >= 0.6 is 0 Å². The lowest BCUT2D eigenvalue weighted by atomic mass is 9.76. The van der Waals surface area contributed by atoms with Gasteiger partial charge in [0.1, 0.15) is 5.69 Å². The van der Waals surface area contributed by atoms with Crippen LogP contribution in [-0.2, 0) is 6.42 Å². The minimum Gasteiger partial charge on any atom is -0.330 e. The van der Waals surface area contributed by atoms with Gasteiger partial charge in [-0.2, -0.15) is 5.10 Å². The first-order valence-corrected chi connectivity index (χ1v) is 9.12. The molecular formula is C18H30N4O. The van der Waals surface area contributed by atoms with E-state index in [0.29, 0.717) is 11.7 Å². The molecule has 0 aliphatic carbocycles. The SMILES string of the molecule is CCCCc1cc(C(=O)N2CCC[C@@H]3N(C)CCC[C@@]32C)n[nH]1. The Labute approximate surface area is 139 Å². The largest absolute Gasteiger partial charge is 0.330 e. The van der Waals surface area contributed by atoms with Gasteiger partial charge in [-0.05, 0) is 65.1 Å². The maximum atomic E-state index is 13.1. The number of hydrogen-bond acceptors (Lipinski definition) is 3. The van der Waals surface area contributed by atoms with E-state index in [0.717, 1.165) is 57.3 Å². The summed E-state index contributed by atoms with van der Waals surface area (Å²) in [6.07, 6.45) is 7.79. The average Bonchev–Trinajstić information content (AvgIpc) is 3.00. The summed E-state index contributed by atoms with van der Waals surface area (Å²) in [6, 6.07) is 2.43. The number of unbranched alkanes of at least 4 members (excludes halogenated alkanes) is 1. The average molecular weight is 318 g/mol. The number of nitrogens with zero attached hydrogens (tertiary/aromatic N) is 3. The van der Waals surface area contributed by atoms with Crippen molar-refractivity contribution >= 4 is 5.91 Å². The van der Waals surface area contributed by atoms with E-state index in [-0.39, 0.29) is 11.4 Å². The van der Waals surface area contributed by atoms with Crippen LogP contribution in [0.4, 0.5) is 0 Å². The molecule has 0 saturated carbocycles. The Balaban J connectivity index is 1.79. The van der Waals surface area contributed by atoms with Gasteiger partial charge >= 0.3 is 0 Å². The number of likely N-dealkylation sites (tertiary alicyclic amines) is 2. The standard InChI is InChI=1S/C18H30N4O/c1-4-5-8-14-13-15(20-19-14)17(23)22-12-6-9-16-18(22,2)10-7-11-21(16)3/h13,16H,4-12H2,1-3H3,(H,19,20)/t16-,18-/m0/s1. The molecular weight excluding hydrogens is 288 g/mol. The Bertz CT molecular complexity index is 555. The van der Waals surface area contributed by atoms with E-state index in [1.807, 2.05) is 6.07 Å². The van der Waals surface area contributed by atoms with Crippen molar-refractivity contribution in [2.45, 2.75) is 70.4 Å². The van der Waals surface area contributed by atoms with E-state index in [4.69, 9.17) is 0 Å². The van der Waals surface area contributed by atoms with Gasteiger partial charge in [-0.1, -0.05) is 13.3 Å². The molecule has 1 aromatic rings. The lowest BCUT2D eigenvalue weighted by Crippen LogP contribution is -2.66. The van der Waals surface area contributed by atoms with Gasteiger partial charge in [0.2, 0.25) is 0 Å². The highest BCUT2D eigenvalue weighted by Gasteiger charge is 2.48. The molecule has 5 heteroatoms. The molecule has 0 bridgehead atoms. The second-order valence-corrected chi connectivity index (χ2v) is 7.44. The van der Waals surface area contributed by atoms with E-state index >= 15 is 0 Å². The van der Waals surface area contributed by atoms with Crippen LogP contribution in [0.15, 0.2) is 6.07 Å². The molecule has 2 saturated heterocycles. The van der Waals surface area contributed by atoms with E-state index in [1.165, 1.54) is 6.42 Å². The van der Waals surface area contributed by atoms with Gasteiger partial charge in [-0.3, -0.25) is 9.89 Å². The molecule has 3 heterocycles. The summed E-state index contributed by atoms with van der Waals surface area (Å²) >= 11 is 0. The molecule has 2 aliphatic heterocycles. The molecule has 3 rings (SSSR count). The third kappa shape index (κ3) is 3.03. The van der Waals surface area contributed by atoms with Crippen LogP contribution in [0.5, 0.6) is 0 Å². The Kier molecular flexibility index (Phi) is 4.76. The first kappa shape index (κ1) is 16.5. The van der Waals surface area contributed by atoms with Gasteiger partial charge in [0, 0.05) is 18.3 Å². The molecule has 1 aromatic heterocycles. The maximum Gasteiger partial charge on any atom is 0.274 e. The van der Waals surface area contributed by atoms with Crippen molar-refractivity contribution in [3.05, 3.63) is 17.5 Å². The van der Waals surface area contributed by atoms with Crippen molar-refractivity contribution in [1.82, 2.24) is 20.0 Å². The molecule has 0 radical (unpaired) electrons. The molecule has 0 aromatic carbocycles. The summed E-state index contributed by atoms with van der Waals surface area (Å²) in [6.45, 7) is 6.45. The third-order valence-corrected chi connectivity index (χ3v) is 5.81. The van der Waals surface area contributed by atoms with Gasteiger partial charge in [0.05, 0.1) is 5.54 Å². The van der Waals surface area contributed by atoms with Crippen LogP contribution in [0, 0.1) is 0 Å². The van der Waals surface area contributed by atoms with Crippen LogP contribution in [0.25, 0.3) is 0 Å². The summed E-state index contributed by atoms with van der Waals surface area (Å²) in [5.74, 6) is 0.103. The fourth-order valence-corrected chi connectivity index (χ4v) is 4.47. The van der Waals surface area contributed by atoms with E-state index in [2.05, 4.69) is 40.9 Å². The number of carbonyl (C=O) groups excluding carboxylic acids is 1. The predicted molar refractivity (Wildman–Crippen MR) is 91.5 cm³/mol. The number of fused-ring (bicyclic) bond motifs is 1. The lowest BCUT2D eigenvalue weighted by Gasteiger charge is -2.55. The molecule has 1 N–H and O–H groups in total. The minimum atomic E-state index is -0.0507. The first-order valence-electron chi connectivity index (χ1n) is 9.12. The van der Waals surface area contributed by atoms with Crippen LogP contribution < -0.4 is 0 Å². The van der Waals surface area contributed by atoms with Gasteiger partial charge in [-0.25, -0.2) is 0 Å². The molecule has 2 fully saturated rings. The number of H-pyrrole nitrogens is 1. The number of rotatable bonds is 4. The Morgan fingerprint density at radius 3 is 3.04 bits per heavy atom. The van der Waals surface area contributed by atoms with Crippen molar-refractivity contribution in [3.63, 3.8) is 0 Å². The van der Waals surface area contributed by atoms with E-state index in [9.17, 15) is 4.79 Å². The molecule has 5 nitrogen and oxygen atoms in total. The molecule has 2 aliphatic rings. The monoisotopic (exact) mass is 318 g/mol. The van der Waals surface area contributed by atoms with Gasteiger partial charge in [-0.15, -0.1) is 0 Å². The number of hydrogen-bond donors (Lipinski definition) is 1. The summed E-state index contributed by atoms with van der Waals surface area (Å²) in [4.78, 5) is 17.6. The number of aromatic amines is 1. The topological polar surface area (TPSA) is 52.2 Å². The van der Waals surface area contributed by atoms with Crippen LogP contribution in [0.3, 0.4) is 0 Å². The summed E-state index contributed by atoms with van der Waals surface area (Å²) in [5.41, 5.74) is 1.62.